The molecule has 0 fully saturated rings. The summed E-state index contributed by atoms with van der Waals surface area (Å²) in [5.74, 6) is 0.0187. The van der Waals surface area contributed by atoms with E-state index in [0.717, 1.165) is 6.21 Å². The number of nitriles is 1. The Hall–Kier alpha value is -4.12. The third-order valence-corrected chi connectivity index (χ3v) is 4.23. The highest BCUT2D eigenvalue weighted by molar-refractivity contribution is 5.99. The number of nitrogens with zero attached hydrogens (tertiary/aromatic N) is 2. The number of nitrogens with two attached hydrogens (primary N) is 1. The number of nitrogen functional groups attached to an aromatic ring is 1. The number of hydrogen-bond acceptors (Lipinski definition) is 8. The van der Waals surface area contributed by atoms with Gasteiger partial charge in [0.1, 0.15) is 34.7 Å². The number of phenolic OH excluding ortho intramolecular Hbond substituents is 1. The number of carbonyl (C=O) groups is 1. The number of hydrogen-bond donors (Lipinski definition) is 3. The Morgan fingerprint density at radius 3 is 2.64 bits per heavy atom. The van der Waals surface area contributed by atoms with Crippen LogP contribution >= 0.6 is 0 Å². The lowest BCUT2D eigenvalue weighted by molar-refractivity contribution is 0.0599. The number of aromatic nitrogens is 1. The first-order chi connectivity index (χ1) is 13.4. The number of rotatable bonds is 4. The van der Waals surface area contributed by atoms with Crippen LogP contribution in [0.5, 0.6) is 5.75 Å². The number of methoxy groups -OCH3 is 1. The van der Waals surface area contributed by atoms with E-state index < -0.39 is 5.97 Å². The van der Waals surface area contributed by atoms with Gasteiger partial charge in [0.05, 0.1) is 18.4 Å². The highest BCUT2D eigenvalue weighted by Gasteiger charge is 2.25. The molecule has 0 saturated carbocycles. The molecule has 3 aromatic rings. The predicted octanol–water partition coefficient (Wildman–Crippen LogP) is 3.26. The predicted molar refractivity (Wildman–Crippen MR) is 102 cm³/mol. The molecule has 0 aliphatic rings. The maximum absolute atomic E-state index is 11.9. The van der Waals surface area contributed by atoms with Crippen LogP contribution in [-0.4, -0.2) is 29.4 Å². The van der Waals surface area contributed by atoms with Gasteiger partial charge >= 0.3 is 5.97 Å². The van der Waals surface area contributed by atoms with E-state index in [9.17, 15) is 15.2 Å². The number of ether oxygens (including phenoxy) is 1. The van der Waals surface area contributed by atoms with Crippen LogP contribution in [0.2, 0.25) is 0 Å². The minimum atomic E-state index is -0.580. The number of carbonyl (C=O) groups excluding carboxylic acids is 1. The van der Waals surface area contributed by atoms with Crippen LogP contribution < -0.4 is 5.73 Å². The van der Waals surface area contributed by atoms with Gasteiger partial charge in [0.25, 0.3) is 0 Å². The number of benzene rings is 1. The summed E-state index contributed by atoms with van der Waals surface area (Å²) in [6, 6.07) is 9.66. The van der Waals surface area contributed by atoms with Gasteiger partial charge in [0, 0.05) is 22.9 Å². The molecular weight excluding hydrogens is 360 g/mol. The minimum absolute atomic E-state index is 0.0285. The second-order valence-electron chi connectivity index (χ2n) is 5.88. The molecule has 0 saturated heterocycles. The number of aromatic hydroxyl groups is 1. The van der Waals surface area contributed by atoms with Gasteiger partial charge in [-0.3, -0.25) is 0 Å². The molecule has 0 amide bonds. The van der Waals surface area contributed by atoms with E-state index in [2.05, 4.69) is 11.1 Å². The average molecular weight is 376 g/mol. The average Bonchev–Trinajstić information content (AvgIpc) is 3.08. The first kappa shape index (κ1) is 18.7. The summed E-state index contributed by atoms with van der Waals surface area (Å²) in [6.07, 6.45) is 0.981. The largest absolute Gasteiger partial charge is 0.508 e. The third kappa shape index (κ3) is 3.05. The van der Waals surface area contributed by atoms with Crippen molar-refractivity contribution in [1.29, 1.82) is 10.7 Å². The molecule has 0 aliphatic carbocycles. The van der Waals surface area contributed by atoms with Gasteiger partial charge in [-0.25, -0.2) is 9.78 Å². The molecule has 2 aromatic heterocycles. The summed E-state index contributed by atoms with van der Waals surface area (Å²) in [6.45, 7) is 1.59. The summed E-state index contributed by atoms with van der Waals surface area (Å²) in [5, 5.41) is 27.0. The van der Waals surface area contributed by atoms with Crippen LogP contribution in [0.25, 0.3) is 22.6 Å². The molecule has 8 nitrogen and oxygen atoms in total. The van der Waals surface area contributed by atoms with E-state index in [4.69, 9.17) is 20.3 Å². The van der Waals surface area contributed by atoms with Gasteiger partial charge in [0.15, 0.2) is 0 Å². The SMILES string of the molecule is COC(=O)c1cc(-c2c(C#N)c(-c3ccc(O)cc3)nc(N)c2C=N)oc1C. The normalized spacial score (nSPS) is 10.3. The summed E-state index contributed by atoms with van der Waals surface area (Å²) >= 11 is 0. The highest BCUT2D eigenvalue weighted by Crippen LogP contribution is 2.37. The highest BCUT2D eigenvalue weighted by atomic mass is 16.5. The number of anilines is 1. The molecule has 1 aromatic carbocycles. The van der Waals surface area contributed by atoms with Crippen LogP contribution in [0.1, 0.15) is 27.2 Å². The number of pyridine rings is 1. The quantitative estimate of drug-likeness (QED) is 0.468. The smallest absolute Gasteiger partial charge is 0.341 e. The fourth-order valence-corrected chi connectivity index (χ4v) is 2.87. The van der Waals surface area contributed by atoms with Gasteiger partial charge in [-0.2, -0.15) is 5.26 Å². The van der Waals surface area contributed by atoms with Crippen LogP contribution in [0.15, 0.2) is 34.7 Å². The zero-order valence-electron chi connectivity index (χ0n) is 15.1. The number of esters is 1. The van der Waals surface area contributed by atoms with Gasteiger partial charge < -0.3 is 25.4 Å². The molecule has 0 atom stereocenters. The van der Waals surface area contributed by atoms with Crippen molar-refractivity contribution in [1.82, 2.24) is 4.98 Å². The van der Waals surface area contributed by atoms with Crippen molar-refractivity contribution in [2.75, 3.05) is 12.8 Å². The van der Waals surface area contributed by atoms with Crippen LogP contribution in [0.3, 0.4) is 0 Å². The lowest BCUT2D eigenvalue weighted by Gasteiger charge is -2.13. The molecule has 3 rings (SSSR count). The standard InChI is InChI=1S/C20H16N4O4/c1-10-13(20(26)27-2)7-16(28-10)17-14(8-21)18(24-19(23)15(17)9-22)11-3-5-12(25)6-4-11/h3-7,9,22,25H,1-2H3,(H2,23,24). The van der Waals surface area contributed by atoms with Crippen molar-refractivity contribution in [3.05, 3.63) is 52.8 Å². The van der Waals surface area contributed by atoms with E-state index in [1.807, 2.05) is 0 Å². The molecule has 140 valence electrons. The Bertz CT molecular complexity index is 1120. The number of aryl methyl sites for hydroxylation is 1. The molecule has 8 heteroatoms. The first-order valence-electron chi connectivity index (χ1n) is 8.13. The fraction of sp³-hybridized carbons (Fsp3) is 0.100. The van der Waals surface area contributed by atoms with Gasteiger partial charge in [-0.15, -0.1) is 0 Å². The van der Waals surface area contributed by atoms with Gasteiger partial charge in [-0.05, 0) is 37.3 Å². The third-order valence-electron chi connectivity index (χ3n) is 4.23. The lowest BCUT2D eigenvalue weighted by Crippen LogP contribution is -2.05. The molecule has 0 aliphatic heterocycles. The maximum Gasteiger partial charge on any atom is 0.341 e. The van der Waals surface area contributed by atoms with E-state index >= 15 is 0 Å². The topological polar surface area (TPSA) is 146 Å². The second kappa shape index (κ2) is 7.25. The van der Waals surface area contributed by atoms with Crippen molar-refractivity contribution >= 4 is 18.0 Å². The summed E-state index contributed by atoms with van der Waals surface area (Å²) < 4.78 is 10.4. The van der Waals surface area contributed by atoms with Crippen LogP contribution in [0.4, 0.5) is 5.82 Å². The Morgan fingerprint density at radius 1 is 1.39 bits per heavy atom. The molecule has 4 N–H and O–H groups in total. The molecule has 0 unspecified atom stereocenters. The van der Waals surface area contributed by atoms with Crippen molar-refractivity contribution in [2.45, 2.75) is 6.92 Å². The molecular formula is C20H16N4O4. The van der Waals surface area contributed by atoms with Crippen LogP contribution in [-0.2, 0) is 4.74 Å². The summed E-state index contributed by atoms with van der Waals surface area (Å²) in [5.41, 5.74) is 7.65. The Labute approximate surface area is 160 Å². The molecule has 2 heterocycles. The van der Waals surface area contributed by atoms with Crippen LogP contribution in [0, 0.1) is 23.7 Å². The van der Waals surface area contributed by atoms with Crippen molar-refractivity contribution < 1.29 is 19.1 Å². The maximum atomic E-state index is 11.9. The lowest BCUT2D eigenvalue weighted by atomic mass is 9.95. The van der Waals surface area contributed by atoms with Gasteiger partial charge in [0.2, 0.25) is 0 Å². The molecule has 28 heavy (non-hydrogen) atoms. The Kier molecular flexibility index (Phi) is 4.83. The van der Waals surface area contributed by atoms with E-state index in [1.165, 1.54) is 25.3 Å². The zero-order valence-corrected chi connectivity index (χ0v) is 15.1. The Balaban J connectivity index is 2.34. The van der Waals surface area contributed by atoms with E-state index in [-0.39, 0.29) is 45.3 Å². The minimum Gasteiger partial charge on any atom is -0.508 e. The summed E-state index contributed by atoms with van der Waals surface area (Å²) in [7, 11) is 1.26. The first-order valence-corrected chi connectivity index (χ1v) is 8.13. The van der Waals surface area contributed by atoms with E-state index in [1.54, 1.807) is 19.1 Å². The molecule has 0 spiro atoms. The number of nitrogens with one attached hydrogen (secondary N) is 1. The van der Waals surface area contributed by atoms with Gasteiger partial charge in [-0.1, -0.05) is 0 Å². The molecule has 0 bridgehead atoms. The zero-order chi connectivity index (χ0) is 20.4. The fourth-order valence-electron chi connectivity index (χ4n) is 2.87. The van der Waals surface area contributed by atoms with Crippen molar-refractivity contribution in [3.63, 3.8) is 0 Å². The monoisotopic (exact) mass is 376 g/mol. The van der Waals surface area contributed by atoms with Crippen molar-refractivity contribution in [3.8, 4) is 34.4 Å². The Morgan fingerprint density at radius 2 is 2.07 bits per heavy atom. The second-order valence-corrected chi connectivity index (χ2v) is 5.88. The molecule has 0 radical (unpaired) electrons. The summed E-state index contributed by atoms with van der Waals surface area (Å²) in [4.78, 5) is 16.2. The number of phenols is 1. The van der Waals surface area contributed by atoms with E-state index in [0.29, 0.717) is 11.3 Å². The van der Waals surface area contributed by atoms with Crippen molar-refractivity contribution in [2.24, 2.45) is 0 Å². The number of furan rings is 1.